The van der Waals surface area contributed by atoms with Gasteiger partial charge in [0.15, 0.2) is 23.4 Å². The third-order valence-electron chi connectivity index (χ3n) is 5.27. The van der Waals surface area contributed by atoms with Crippen LogP contribution in [0, 0.1) is 6.92 Å². The lowest BCUT2D eigenvalue weighted by atomic mass is 10.1. The van der Waals surface area contributed by atoms with Gasteiger partial charge in [-0.1, -0.05) is 47.6 Å². The van der Waals surface area contributed by atoms with Gasteiger partial charge in [0.25, 0.3) is 5.91 Å². The number of fused-ring (bicyclic) bond motifs is 1. The molecular weight excluding hydrogens is 472 g/mol. The average molecular weight is 491 g/mol. The van der Waals surface area contributed by atoms with E-state index in [0.717, 1.165) is 16.8 Å². The van der Waals surface area contributed by atoms with Crippen LogP contribution in [-0.2, 0) is 4.79 Å². The highest BCUT2D eigenvalue weighted by Gasteiger charge is 2.21. The van der Waals surface area contributed by atoms with E-state index in [9.17, 15) is 9.59 Å². The highest BCUT2D eigenvalue weighted by molar-refractivity contribution is 7.99. The Morgan fingerprint density at radius 2 is 1.97 bits per heavy atom. The molecule has 0 bridgehead atoms. The van der Waals surface area contributed by atoms with Crippen LogP contribution in [0.15, 0.2) is 71.9 Å². The highest BCUT2D eigenvalue weighted by Crippen LogP contribution is 2.33. The molecule has 5 rings (SSSR count). The Bertz CT molecular complexity index is 1420. The normalized spacial score (nSPS) is 12.6. The zero-order chi connectivity index (χ0) is 23.7. The van der Waals surface area contributed by atoms with Crippen LogP contribution in [0.5, 0.6) is 5.75 Å². The van der Waals surface area contributed by atoms with Crippen molar-refractivity contribution in [3.63, 3.8) is 0 Å². The first-order valence-corrected chi connectivity index (χ1v) is 11.9. The Kier molecular flexibility index (Phi) is 6.08. The molecule has 1 amide bonds. The van der Waals surface area contributed by atoms with Gasteiger partial charge in [-0.05, 0) is 55.0 Å². The van der Waals surface area contributed by atoms with Crippen LogP contribution in [-0.4, -0.2) is 38.8 Å². The van der Waals surface area contributed by atoms with E-state index < -0.39 is 0 Å². The van der Waals surface area contributed by atoms with E-state index in [-0.39, 0.29) is 24.1 Å². The van der Waals surface area contributed by atoms with Crippen molar-refractivity contribution in [3.8, 4) is 22.8 Å². The summed E-state index contributed by atoms with van der Waals surface area (Å²) >= 11 is 7.74. The number of benzene rings is 3. The Morgan fingerprint density at radius 1 is 1.12 bits per heavy atom. The summed E-state index contributed by atoms with van der Waals surface area (Å²) in [6.07, 6.45) is 0. The maximum atomic E-state index is 13.0. The minimum atomic E-state index is -0.246. The van der Waals surface area contributed by atoms with E-state index in [4.69, 9.17) is 16.3 Å². The number of aromatic nitrogens is 3. The number of thioether (sulfide) groups is 1. The summed E-state index contributed by atoms with van der Waals surface area (Å²) in [6, 6.07) is 20.4. The molecule has 4 aromatic rings. The van der Waals surface area contributed by atoms with Crippen LogP contribution in [0.3, 0.4) is 0 Å². The molecule has 0 atom stereocenters. The molecule has 3 aromatic carbocycles. The molecule has 170 valence electrons. The number of carbonyl (C=O) groups is 2. The number of anilines is 1. The van der Waals surface area contributed by atoms with E-state index in [1.54, 1.807) is 24.3 Å². The topological polar surface area (TPSA) is 86.1 Å². The largest absolute Gasteiger partial charge is 0.482 e. The molecule has 0 saturated heterocycles. The van der Waals surface area contributed by atoms with Gasteiger partial charge < -0.3 is 10.1 Å². The van der Waals surface area contributed by atoms with Gasteiger partial charge in [0.1, 0.15) is 5.75 Å². The molecule has 2 heterocycles. The fourth-order valence-electron chi connectivity index (χ4n) is 3.65. The number of nitrogens with one attached hydrogen (secondary N) is 1. The van der Waals surface area contributed by atoms with Crippen LogP contribution >= 0.6 is 23.4 Å². The third kappa shape index (κ3) is 4.42. The van der Waals surface area contributed by atoms with Crippen LogP contribution in [0.1, 0.15) is 15.9 Å². The van der Waals surface area contributed by atoms with Gasteiger partial charge in [0.05, 0.1) is 16.5 Å². The highest BCUT2D eigenvalue weighted by atomic mass is 35.5. The number of ketones is 1. The van der Waals surface area contributed by atoms with Crippen LogP contribution in [0.4, 0.5) is 5.69 Å². The van der Waals surface area contributed by atoms with E-state index >= 15 is 0 Å². The van der Waals surface area contributed by atoms with Crippen molar-refractivity contribution in [3.05, 3.63) is 82.9 Å². The van der Waals surface area contributed by atoms with Crippen molar-refractivity contribution >= 4 is 40.7 Å². The van der Waals surface area contributed by atoms with Crippen molar-refractivity contribution in [1.29, 1.82) is 0 Å². The molecule has 0 aliphatic carbocycles. The Hall–Kier alpha value is -3.62. The van der Waals surface area contributed by atoms with E-state index in [2.05, 4.69) is 15.5 Å². The second-order valence-electron chi connectivity index (χ2n) is 7.72. The first-order valence-electron chi connectivity index (χ1n) is 10.5. The lowest BCUT2D eigenvalue weighted by molar-refractivity contribution is -0.118. The molecule has 1 N–H and O–H groups in total. The first-order chi connectivity index (χ1) is 16.5. The molecular formula is C25H19ClN4O3S. The summed E-state index contributed by atoms with van der Waals surface area (Å²) in [5, 5.41) is 12.6. The number of Topliss-reactive ketones (excluding diaryl/α,β-unsaturated/α-hetero) is 1. The SMILES string of the molecule is Cc1cccc(-n2c(SCC(=O)c3ccc4c(c3)NC(=O)CO4)nnc2-c2ccccc2Cl)c1. The number of rotatable bonds is 6. The molecule has 0 radical (unpaired) electrons. The van der Waals surface area contributed by atoms with Crippen molar-refractivity contribution in [2.75, 3.05) is 17.7 Å². The smallest absolute Gasteiger partial charge is 0.262 e. The molecule has 9 heteroatoms. The molecule has 0 spiro atoms. The zero-order valence-electron chi connectivity index (χ0n) is 18.1. The number of halogens is 1. The van der Waals surface area contributed by atoms with Gasteiger partial charge in [-0.15, -0.1) is 10.2 Å². The Labute approximate surface area is 205 Å². The summed E-state index contributed by atoms with van der Waals surface area (Å²) in [5.74, 6) is 0.933. The minimum absolute atomic E-state index is 0.0292. The molecule has 0 unspecified atom stereocenters. The molecule has 1 aliphatic rings. The van der Waals surface area contributed by atoms with E-state index in [0.29, 0.717) is 33.0 Å². The summed E-state index contributed by atoms with van der Waals surface area (Å²) in [4.78, 5) is 24.6. The predicted octanol–water partition coefficient (Wildman–Crippen LogP) is 5.20. The number of carbonyl (C=O) groups excluding carboxylic acids is 2. The molecule has 7 nitrogen and oxygen atoms in total. The maximum Gasteiger partial charge on any atom is 0.262 e. The maximum absolute atomic E-state index is 13.0. The number of aryl methyl sites for hydroxylation is 1. The fourth-order valence-corrected chi connectivity index (χ4v) is 4.72. The lowest BCUT2D eigenvalue weighted by Crippen LogP contribution is -2.25. The van der Waals surface area contributed by atoms with Gasteiger partial charge in [-0.3, -0.25) is 14.2 Å². The number of nitrogens with zero attached hydrogens (tertiary/aromatic N) is 3. The summed E-state index contributed by atoms with van der Waals surface area (Å²) < 4.78 is 7.28. The van der Waals surface area contributed by atoms with E-state index in [1.165, 1.54) is 11.8 Å². The van der Waals surface area contributed by atoms with Crippen molar-refractivity contribution in [1.82, 2.24) is 14.8 Å². The molecule has 1 aromatic heterocycles. The first kappa shape index (κ1) is 22.2. The van der Waals surface area contributed by atoms with Crippen LogP contribution < -0.4 is 10.1 Å². The number of amides is 1. The summed E-state index contributed by atoms with van der Waals surface area (Å²) in [7, 11) is 0. The van der Waals surface area contributed by atoms with Gasteiger partial charge in [0, 0.05) is 16.8 Å². The molecule has 1 aliphatic heterocycles. The van der Waals surface area contributed by atoms with Crippen molar-refractivity contribution < 1.29 is 14.3 Å². The van der Waals surface area contributed by atoms with Gasteiger partial charge in [-0.2, -0.15) is 0 Å². The second kappa shape index (κ2) is 9.32. The number of ether oxygens (including phenoxy) is 1. The predicted molar refractivity (Wildman–Crippen MR) is 132 cm³/mol. The van der Waals surface area contributed by atoms with Crippen molar-refractivity contribution in [2.24, 2.45) is 0 Å². The molecule has 0 fully saturated rings. The summed E-state index contributed by atoms with van der Waals surface area (Å²) in [5.41, 5.74) is 3.69. The zero-order valence-corrected chi connectivity index (χ0v) is 19.7. The van der Waals surface area contributed by atoms with Gasteiger partial charge in [0.2, 0.25) is 0 Å². The number of hydrogen-bond donors (Lipinski definition) is 1. The van der Waals surface area contributed by atoms with Gasteiger partial charge in [-0.25, -0.2) is 0 Å². The molecule has 0 saturated carbocycles. The van der Waals surface area contributed by atoms with Gasteiger partial charge >= 0.3 is 0 Å². The fraction of sp³-hybridized carbons (Fsp3) is 0.120. The Balaban J connectivity index is 1.45. The van der Waals surface area contributed by atoms with Crippen LogP contribution in [0.2, 0.25) is 5.02 Å². The average Bonchev–Trinajstić information content (AvgIpc) is 3.26. The quantitative estimate of drug-likeness (QED) is 0.295. The monoisotopic (exact) mass is 490 g/mol. The molecule has 34 heavy (non-hydrogen) atoms. The second-order valence-corrected chi connectivity index (χ2v) is 9.07. The van der Waals surface area contributed by atoms with Crippen molar-refractivity contribution in [2.45, 2.75) is 12.1 Å². The number of hydrogen-bond acceptors (Lipinski definition) is 6. The van der Waals surface area contributed by atoms with E-state index in [1.807, 2.05) is 54.0 Å². The van der Waals surface area contributed by atoms with Crippen LogP contribution in [0.25, 0.3) is 17.1 Å². The Morgan fingerprint density at radius 3 is 2.79 bits per heavy atom. The third-order valence-corrected chi connectivity index (χ3v) is 6.53. The lowest BCUT2D eigenvalue weighted by Gasteiger charge is -2.18. The minimum Gasteiger partial charge on any atom is -0.482 e. The summed E-state index contributed by atoms with van der Waals surface area (Å²) in [6.45, 7) is 1.98. The standard InChI is InChI=1S/C25H19ClN4O3S/c1-15-5-4-6-17(11-15)30-24(18-7-2-3-8-19(18)26)28-29-25(30)34-14-21(31)16-9-10-22-20(12-16)27-23(32)13-33-22/h2-12H,13-14H2,1H3,(H,27,32).